The normalized spacial score (nSPS) is 23.8. The Kier molecular flexibility index (Phi) is 3.84. The Morgan fingerprint density at radius 2 is 2.28 bits per heavy atom. The van der Waals surface area contributed by atoms with Crippen LogP contribution in [0.2, 0.25) is 0 Å². The van der Waals surface area contributed by atoms with E-state index in [0.29, 0.717) is 12.0 Å². The van der Waals surface area contributed by atoms with Crippen LogP contribution < -0.4 is 5.32 Å². The van der Waals surface area contributed by atoms with Gasteiger partial charge in [-0.1, -0.05) is 6.92 Å². The number of hydrogen-bond donors (Lipinski definition) is 1. The van der Waals surface area contributed by atoms with Gasteiger partial charge in [-0.3, -0.25) is 4.79 Å². The minimum absolute atomic E-state index is 0.119. The number of hydrogen-bond acceptors (Lipinski definition) is 3. The summed E-state index contributed by atoms with van der Waals surface area (Å²) in [4.78, 5) is 18.6. The van der Waals surface area contributed by atoms with E-state index in [-0.39, 0.29) is 5.91 Å². The first-order chi connectivity index (χ1) is 8.61. The summed E-state index contributed by atoms with van der Waals surface area (Å²) in [5.41, 5.74) is 0.718. The number of carbonyl (C=O) groups excluding carboxylic acids is 1. The zero-order chi connectivity index (χ0) is 13.1. The van der Waals surface area contributed by atoms with Crippen molar-refractivity contribution in [3.05, 3.63) is 23.9 Å². The largest absolute Gasteiger partial charge is 0.373 e. The number of carbonyl (C=O) groups is 1. The number of aromatic nitrogens is 1. The van der Waals surface area contributed by atoms with Crippen LogP contribution in [0, 0.1) is 5.92 Å². The Labute approximate surface area is 108 Å². The second-order valence-corrected chi connectivity index (χ2v) is 5.16. The quantitative estimate of drug-likeness (QED) is 0.872. The SMILES string of the molecule is CNc1cc(C(=O)N2CCC(C)CC2C)ccn1. The summed E-state index contributed by atoms with van der Waals surface area (Å²) in [6.07, 6.45) is 3.87. The third-order valence-electron chi connectivity index (χ3n) is 3.66. The zero-order valence-electron chi connectivity index (χ0n) is 11.3. The van der Waals surface area contributed by atoms with Crippen LogP contribution >= 0.6 is 0 Å². The van der Waals surface area contributed by atoms with Gasteiger partial charge < -0.3 is 10.2 Å². The van der Waals surface area contributed by atoms with E-state index < -0.39 is 0 Å². The molecule has 1 aliphatic heterocycles. The van der Waals surface area contributed by atoms with E-state index in [4.69, 9.17) is 0 Å². The molecule has 2 unspecified atom stereocenters. The van der Waals surface area contributed by atoms with E-state index in [1.54, 1.807) is 12.3 Å². The maximum absolute atomic E-state index is 12.5. The molecule has 2 heterocycles. The first-order valence-electron chi connectivity index (χ1n) is 6.56. The molecule has 1 aromatic rings. The molecule has 1 aliphatic rings. The second-order valence-electron chi connectivity index (χ2n) is 5.16. The second kappa shape index (κ2) is 5.38. The molecule has 0 bridgehead atoms. The first kappa shape index (κ1) is 12.9. The van der Waals surface area contributed by atoms with Gasteiger partial charge in [0.05, 0.1) is 0 Å². The van der Waals surface area contributed by atoms with Crippen molar-refractivity contribution < 1.29 is 4.79 Å². The third kappa shape index (κ3) is 2.63. The van der Waals surface area contributed by atoms with Crippen molar-refractivity contribution in [3.63, 3.8) is 0 Å². The molecule has 2 rings (SSSR count). The zero-order valence-corrected chi connectivity index (χ0v) is 11.3. The molecule has 0 spiro atoms. The van der Waals surface area contributed by atoms with Crippen molar-refractivity contribution in [2.75, 3.05) is 18.9 Å². The van der Waals surface area contributed by atoms with Gasteiger partial charge in [0.1, 0.15) is 5.82 Å². The fraction of sp³-hybridized carbons (Fsp3) is 0.571. The number of nitrogens with zero attached hydrogens (tertiary/aromatic N) is 2. The predicted molar refractivity (Wildman–Crippen MR) is 72.7 cm³/mol. The molecular formula is C14H21N3O. The van der Waals surface area contributed by atoms with Crippen LogP contribution in [-0.4, -0.2) is 35.4 Å². The number of piperidine rings is 1. The molecule has 0 radical (unpaired) electrons. The lowest BCUT2D eigenvalue weighted by molar-refractivity contribution is 0.0588. The highest BCUT2D eigenvalue weighted by Gasteiger charge is 2.27. The van der Waals surface area contributed by atoms with Gasteiger partial charge in [-0.25, -0.2) is 4.98 Å². The van der Waals surface area contributed by atoms with Crippen molar-refractivity contribution in [1.82, 2.24) is 9.88 Å². The molecule has 4 nitrogen and oxygen atoms in total. The summed E-state index contributed by atoms with van der Waals surface area (Å²) in [5, 5.41) is 2.96. The van der Waals surface area contributed by atoms with E-state index in [9.17, 15) is 4.79 Å². The van der Waals surface area contributed by atoms with Gasteiger partial charge >= 0.3 is 0 Å². The molecule has 0 saturated carbocycles. The molecule has 18 heavy (non-hydrogen) atoms. The van der Waals surface area contributed by atoms with Crippen molar-refractivity contribution in [2.45, 2.75) is 32.7 Å². The van der Waals surface area contributed by atoms with E-state index >= 15 is 0 Å². The van der Waals surface area contributed by atoms with Crippen LogP contribution in [-0.2, 0) is 0 Å². The number of anilines is 1. The predicted octanol–water partition coefficient (Wildman–Crippen LogP) is 2.38. The monoisotopic (exact) mass is 247 g/mol. The first-order valence-corrected chi connectivity index (χ1v) is 6.56. The minimum Gasteiger partial charge on any atom is -0.373 e. The number of likely N-dealkylation sites (tertiary alicyclic amines) is 1. The van der Waals surface area contributed by atoms with Crippen LogP contribution in [0.1, 0.15) is 37.0 Å². The highest BCUT2D eigenvalue weighted by Crippen LogP contribution is 2.24. The van der Waals surface area contributed by atoms with Crippen molar-refractivity contribution >= 4 is 11.7 Å². The summed E-state index contributed by atoms with van der Waals surface area (Å²) in [5.74, 6) is 1.57. The van der Waals surface area contributed by atoms with Crippen molar-refractivity contribution in [3.8, 4) is 0 Å². The van der Waals surface area contributed by atoms with Gasteiger partial charge in [-0.15, -0.1) is 0 Å². The third-order valence-corrected chi connectivity index (χ3v) is 3.66. The van der Waals surface area contributed by atoms with E-state index in [0.717, 1.165) is 30.8 Å². The Bertz CT molecular complexity index is 433. The summed E-state index contributed by atoms with van der Waals surface area (Å²) in [6.45, 7) is 5.25. The molecule has 0 aromatic carbocycles. The molecule has 98 valence electrons. The number of amides is 1. The average Bonchev–Trinajstić information content (AvgIpc) is 2.38. The number of rotatable bonds is 2. The maximum Gasteiger partial charge on any atom is 0.254 e. The summed E-state index contributed by atoms with van der Waals surface area (Å²) in [6, 6.07) is 3.92. The lowest BCUT2D eigenvalue weighted by Gasteiger charge is -2.36. The molecule has 1 amide bonds. The summed E-state index contributed by atoms with van der Waals surface area (Å²) in [7, 11) is 1.81. The van der Waals surface area contributed by atoms with Gasteiger partial charge in [-0.05, 0) is 37.8 Å². The molecule has 0 aliphatic carbocycles. The highest BCUT2D eigenvalue weighted by molar-refractivity contribution is 5.95. The Morgan fingerprint density at radius 3 is 2.94 bits per heavy atom. The fourth-order valence-electron chi connectivity index (χ4n) is 2.58. The maximum atomic E-state index is 12.5. The topological polar surface area (TPSA) is 45.2 Å². The smallest absolute Gasteiger partial charge is 0.254 e. The Hall–Kier alpha value is -1.58. The summed E-state index contributed by atoms with van der Waals surface area (Å²) >= 11 is 0. The molecule has 1 saturated heterocycles. The van der Waals surface area contributed by atoms with E-state index in [1.807, 2.05) is 18.0 Å². The lowest BCUT2D eigenvalue weighted by Crippen LogP contribution is -2.44. The number of nitrogens with one attached hydrogen (secondary N) is 1. The van der Waals surface area contributed by atoms with Crippen LogP contribution in [0.3, 0.4) is 0 Å². The van der Waals surface area contributed by atoms with Crippen LogP contribution in [0.15, 0.2) is 18.3 Å². The Morgan fingerprint density at radius 1 is 1.50 bits per heavy atom. The van der Waals surface area contributed by atoms with Gasteiger partial charge in [0.2, 0.25) is 0 Å². The molecular weight excluding hydrogens is 226 g/mol. The summed E-state index contributed by atoms with van der Waals surface area (Å²) < 4.78 is 0. The lowest BCUT2D eigenvalue weighted by atomic mass is 9.93. The molecule has 1 fully saturated rings. The van der Waals surface area contributed by atoms with Gasteiger partial charge in [-0.2, -0.15) is 0 Å². The minimum atomic E-state index is 0.119. The van der Waals surface area contributed by atoms with E-state index in [1.165, 1.54) is 0 Å². The van der Waals surface area contributed by atoms with Gasteiger partial charge in [0.15, 0.2) is 0 Å². The van der Waals surface area contributed by atoms with Crippen LogP contribution in [0.4, 0.5) is 5.82 Å². The molecule has 4 heteroatoms. The fourth-order valence-corrected chi connectivity index (χ4v) is 2.58. The van der Waals surface area contributed by atoms with Crippen LogP contribution in [0.5, 0.6) is 0 Å². The molecule has 1 aromatic heterocycles. The van der Waals surface area contributed by atoms with Crippen molar-refractivity contribution in [2.24, 2.45) is 5.92 Å². The molecule has 1 N–H and O–H groups in total. The van der Waals surface area contributed by atoms with Crippen LogP contribution in [0.25, 0.3) is 0 Å². The Balaban J connectivity index is 2.15. The number of pyridine rings is 1. The average molecular weight is 247 g/mol. The van der Waals surface area contributed by atoms with Gasteiger partial charge in [0, 0.05) is 31.4 Å². The molecule has 2 atom stereocenters. The highest BCUT2D eigenvalue weighted by atomic mass is 16.2. The van der Waals surface area contributed by atoms with E-state index in [2.05, 4.69) is 24.1 Å². The standard InChI is InChI=1S/C14H21N3O/c1-10-5-7-17(11(2)8-10)14(18)12-4-6-16-13(9-12)15-3/h4,6,9-11H,5,7-8H2,1-3H3,(H,15,16). The van der Waals surface area contributed by atoms with Gasteiger partial charge in [0.25, 0.3) is 5.91 Å². The van der Waals surface area contributed by atoms with Crippen molar-refractivity contribution in [1.29, 1.82) is 0 Å².